The van der Waals surface area contributed by atoms with Crippen LogP contribution in [0.1, 0.15) is 35.2 Å². The third kappa shape index (κ3) is 4.02. The van der Waals surface area contributed by atoms with Crippen molar-refractivity contribution in [3.63, 3.8) is 0 Å². The molecule has 1 saturated carbocycles. The van der Waals surface area contributed by atoms with Gasteiger partial charge in [0, 0.05) is 36.0 Å². The van der Waals surface area contributed by atoms with Crippen molar-refractivity contribution in [1.82, 2.24) is 19.7 Å². The van der Waals surface area contributed by atoms with E-state index in [9.17, 15) is 18.7 Å². The molecule has 1 fully saturated rings. The zero-order valence-corrected chi connectivity index (χ0v) is 18.1. The monoisotopic (exact) mass is 450 g/mol. The molecule has 2 heterocycles. The van der Waals surface area contributed by atoms with Gasteiger partial charge in [-0.2, -0.15) is 5.10 Å². The van der Waals surface area contributed by atoms with E-state index in [4.69, 9.17) is 0 Å². The molecule has 0 bridgehead atoms. The number of aromatic nitrogens is 3. The van der Waals surface area contributed by atoms with Crippen LogP contribution in [0.2, 0.25) is 0 Å². The van der Waals surface area contributed by atoms with Gasteiger partial charge in [-0.25, -0.2) is 8.78 Å². The molecule has 5 rings (SSSR count). The highest BCUT2D eigenvalue weighted by atomic mass is 19.1. The van der Waals surface area contributed by atoms with Crippen molar-refractivity contribution in [2.75, 3.05) is 0 Å². The Morgan fingerprint density at radius 2 is 2.00 bits per heavy atom. The molecule has 2 aromatic carbocycles. The second kappa shape index (κ2) is 8.44. The molecule has 8 heteroatoms. The van der Waals surface area contributed by atoms with Crippen LogP contribution in [-0.4, -0.2) is 37.5 Å². The molecule has 170 valence electrons. The lowest BCUT2D eigenvalue weighted by molar-refractivity contribution is 0.0874. The molecule has 33 heavy (non-hydrogen) atoms. The van der Waals surface area contributed by atoms with E-state index in [1.54, 1.807) is 46.9 Å². The Morgan fingerprint density at radius 1 is 1.15 bits per heavy atom. The molecule has 1 aliphatic rings. The van der Waals surface area contributed by atoms with Gasteiger partial charge in [0.2, 0.25) is 0 Å². The lowest BCUT2D eigenvalue weighted by atomic mass is 10.1. The van der Waals surface area contributed by atoms with Crippen LogP contribution in [0.3, 0.4) is 0 Å². The number of carbonyl (C=O) groups is 1. The number of hydrogen-bond donors (Lipinski definition) is 2. The van der Waals surface area contributed by atoms with E-state index in [0.717, 1.165) is 12.0 Å². The largest absolute Gasteiger partial charge is 0.391 e. The Kier molecular flexibility index (Phi) is 5.46. The summed E-state index contributed by atoms with van der Waals surface area (Å²) >= 11 is 0. The van der Waals surface area contributed by atoms with Crippen LogP contribution in [0, 0.1) is 11.6 Å². The van der Waals surface area contributed by atoms with Crippen LogP contribution in [0.25, 0.3) is 22.0 Å². The molecular weight excluding hydrogens is 426 g/mol. The first-order valence-electron chi connectivity index (χ1n) is 10.9. The van der Waals surface area contributed by atoms with Gasteiger partial charge in [0.15, 0.2) is 0 Å². The molecule has 2 aromatic heterocycles. The van der Waals surface area contributed by atoms with Crippen molar-refractivity contribution < 1.29 is 18.7 Å². The van der Waals surface area contributed by atoms with Gasteiger partial charge in [-0.1, -0.05) is 18.2 Å². The van der Waals surface area contributed by atoms with E-state index in [1.165, 1.54) is 12.1 Å². The van der Waals surface area contributed by atoms with Crippen molar-refractivity contribution in [2.24, 2.45) is 7.05 Å². The summed E-state index contributed by atoms with van der Waals surface area (Å²) in [7, 11) is 1.80. The summed E-state index contributed by atoms with van der Waals surface area (Å²) in [6.07, 6.45) is 6.58. The van der Waals surface area contributed by atoms with Crippen molar-refractivity contribution in [3.05, 3.63) is 77.8 Å². The second-order valence-electron chi connectivity index (χ2n) is 8.59. The van der Waals surface area contributed by atoms with Gasteiger partial charge in [-0.3, -0.25) is 9.48 Å². The van der Waals surface area contributed by atoms with Crippen LogP contribution in [0.4, 0.5) is 8.78 Å². The number of aryl methyl sites for hydroxylation is 1. The predicted molar refractivity (Wildman–Crippen MR) is 121 cm³/mol. The smallest absolute Gasteiger partial charge is 0.253 e. The van der Waals surface area contributed by atoms with E-state index in [1.807, 2.05) is 12.3 Å². The number of carbonyl (C=O) groups excluding carboxylic acids is 1. The van der Waals surface area contributed by atoms with Crippen molar-refractivity contribution in [1.29, 1.82) is 0 Å². The molecule has 2 N–H and O–H groups in total. The lowest BCUT2D eigenvalue weighted by Gasteiger charge is -2.16. The zero-order valence-electron chi connectivity index (χ0n) is 18.1. The molecule has 0 radical (unpaired) electrons. The maximum atomic E-state index is 15.0. The minimum atomic E-state index is -0.598. The highest BCUT2D eigenvalue weighted by molar-refractivity contribution is 6.07. The minimum Gasteiger partial charge on any atom is -0.391 e. The second-order valence-corrected chi connectivity index (χ2v) is 8.59. The summed E-state index contributed by atoms with van der Waals surface area (Å²) in [4.78, 5) is 13.0. The number of nitrogens with one attached hydrogen (secondary N) is 1. The van der Waals surface area contributed by atoms with E-state index >= 15 is 0 Å². The lowest BCUT2D eigenvalue weighted by Crippen LogP contribution is -2.39. The normalized spacial score (nSPS) is 18.2. The number of halogens is 2. The molecule has 0 unspecified atom stereocenters. The molecule has 4 aromatic rings. The minimum absolute atomic E-state index is 0.137. The topological polar surface area (TPSA) is 72.1 Å². The summed E-state index contributed by atoms with van der Waals surface area (Å²) in [5.41, 5.74) is 2.62. The van der Waals surface area contributed by atoms with Crippen LogP contribution in [-0.2, 0) is 13.6 Å². The third-order valence-corrected chi connectivity index (χ3v) is 6.33. The average molecular weight is 450 g/mol. The first-order valence-corrected chi connectivity index (χ1v) is 10.9. The first kappa shape index (κ1) is 21.3. The molecule has 0 spiro atoms. The molecule has 2 atom stereocenters. The Morgan fingerprint density at radius 3 is 2.70 bits per heavy atom. The van der Waals surface area contributed by atoms with Crippen molar-refractivity contribution in [3.8, 4) is 11.1 Å². The predicted octanol–water partition coefficient (Wildman–Crippen LogP) is 4.01. The highest BCUT2D eigenvalue weighted by Gasteiger charge is 2.28. The summed E-state index contributed by atoms with van der Waals surface area (Å²) in [6, 6.07) is 9.19. The number of nitrogens with zero attached hydrogens (tertiary/aromatic N) is 3. The summed E-state index contributed by atoms with van der Waals surface area (Å²) in [5, 5.41) is 17.2. The fourth-order valence-electron chi connectivity index (χ4n) is 4.58. The molecule has 0 aliphatic heterocycles. The molecular formula is C25H24F2N4O2. The molecule has 6 nitrogen and oxygen atoms in total. The number of rotatable bonds is 5. The Bertz CT molecular complexity index is 1340. The van der Waals surface area contributed by atoms with Crippen LogP contribution >= 0.6 is 0 Å². The maximum Gasteiger partial charge on any atom is 0.253 e. The zero-order chi connectivity index (χ0) is 23.1. The van der Waals surface area contributed by atoms with E-state index in [-0.39, 0.29) is 23.5 Å². The van der Waals surface area contributed by atoms with Crippen LogP contribution in [0.5, 0.6) is 0 Å². The average Bonchev–Trinajstić information content (AvgIpc) is 3.50. The molecule has 1 aliphatic carbocycles. The van der Waals surface area contributed by atoms with Gasteiger partial charge in [0.25, 0.3) is 5.91 Å². The maximum absolute atomic E-state index is 15.0. The van der Waals surface area contributed by atoms with Gasteiger partial charge in [0.05, 0.1) is 36.0 Å². The molecule has 0 saturated heterocycles. The van der Waals surface area contributed by atoms with E-state index in [0.29, 0.717) is 29.5 Å². The number of aliphatic hydroxyl groups excluding tert-OH is 1. The van der Waals surface area contributed by atoms with Gasteiger partial charge in [0.1, 0.15) is 11.6 Å². The highest BCUT2D eigenvalue weighted by Crippen LogP contribution is 2.28. The van der Waals surface area contributed by atoms with Crippen LogP contribution in [0.15, 0.2) is 55.0 Å². The van der Waals surface area contributed by atoms with Crippen molar-refractivity contribution in [2.45, 2.75) is 38.0 Å². The standard InChI is InChI=1S/C25H24F2N4O2/c1-30-12-17(11-28-30)15-8-9-16(20(27)10-15)13-31-14-18(24-19(26)4-2-6-22(24)31)25(33)29-21-5-3-7-23(21)32/h2,4,6,8-12,14,21,23,32H,3,5,7,13H2,1H3,(H,29,33)/t21-,23+/m0/s1. The van der Waals surface area contributed by atoms with Gasteiger partial charge < -0.3 is 15.0 Å². The quantitative estimate of drug-likeness (QED) is 0.483. The Balaban J connectivity index is 1.47. The van der Waals surface area contributed by atoms with E-state index in [2.05, 4.69) is 10.4 Å². The Labute approximate surface area is 189 Å². The van der Waals surface area contributed by atoms with Crippen LogP contribution < -0.4 is 5.32 Å². The summed E-state index contributed by atoms with van der Waals surface area (Å²) < 4.78 is 33.0. The number of benzene rings is 2. The van der Waals surface area contributed by atoms with Gasteiger partial charge in [-0.05, 0) is 43.0 Å². The SMILES string of the molecule is Cn1cc(-c2ccc(Cn3cc(C(=O)N[C@H]4CCC[C@H]4O)c4c(F)cccc43)c(F)c2)cn1. The summed E-state index contributed by atoms with van der Waals surface area (Å²) in [5.74, 6) is -1.35. The van der Waals surface area contributed by atoms with Gasteiger partial charge >= 0.3 is 0 Å². The fraction of sp³-hybridized carbons (Fsp3) is 0.280. The number of amides is 1. The number of fused-ring (bicyclic) bond motifs is 1. The first-order chi connectivity index (χ1) is 15.9. The van der Waals surface area contributed by atoms with Gasteiger partial charge in [-0.15, -0.1) is 0 Å². The molecule has 1 amide bonds. The van der Waals surface area contributed by atoms with Crippen molar-refractivity contribution >= 4 is 16.8 Å². The fourth-order valence-corrected chi connectivity index (χ4v) is 4.58. The Hall–Kier alpha value is -3.52. The number of aliphatic hydroxyl groups is 1. The summed E-state index contributed by atoms with van der Waals surface area (Å²) in [6.45, 7) is 0.137. The number of hydrogen-bond acceptors (Lipinski definition) is 3. The third-order valence-electron chi connectivity index (χ3n) is 6.33. The van der Waals surface area contributed by atoms with E-state index < -0.39 is 23.6 Å².